The van der Waals surface area contributed by atoms with Gasteiger partial charge < -0.3 is 14.8 Å². The number of hydrogen-bond acceptors (Lipinski definition) is 6. The molecule has 2 N–H and O–H groups in total. The largest absolute Gasteiger partial charge is 0.389 e. The number of hydrogen-bond donors (Lipinski definition) is 2. The molecule has 0 bridgehead atoms. The fourth-order valence-electron chi connectivity index (χ4n) is 3.87. The van der Waals surface area contributed by atoms with E-state index in [2.05, 4.69) is 23.7 Å². The SMILES string of the molecule is CC(C)CCN(Cc1nc2sc3c(c2c(=O)[nH]1)CCCC3)CC(O)COC(C)(C)C. The zero-order chi connectivity index (χ0) is 21.9. The van der Waals surface area contributed by atoms with E-state index in [-0.39, 0.29) is 11.2 Å². The predicted octanol–water partition coefficient (Wildman–Crippen LogP) is 3.89. The molecule has 3 rings (SSSR count). The highest BCUT2D eigenvalue weighted by Crippen LogP contribution is 2.33. The molecular weight excluding hydrogens is 398 g/mol. The van der Waals surface area contributed by atoms with E-state index in [9.17, 15) is 9.90 Å². The van der Waals surface area contributed by atoms with Crippen molar-refractivity contribution >= 4 is 21.6 Å². The Hall–Kier alpha value is -1.28. The monoisotopic (exact) mass is 435 g/mol. The normalized spacial score (nSPS) is 15.9. The van der Waals surface area contributed by atoms with Gasteiger partial charge in [0.1, 0.15) is 10.7 Å². The third-order valence-corrected chi connectivity index (χ3v) is 6.63. The molecule has 0 saturated heterocycles. The molecule has 0 saturated carbocycles. The number of aliphatic hydroxyl groups is 1. The minimum absolute atomic E-state index is 0.0187. The van der Waals surface area contributed by atoms with Crippen molar-refractivity contribution in [2.24, 2.45) is 5.92 Å². The first kappa shape index (κ1) is 23.4. The number of aryl methyl sites for hydroxylation is 2. The second-order valence-corrected chi connectivity index (χ2v) is 11.0. The highest BCUT2D eigenvalue weighted by Gasteiger charge is 2.21. The van der Waals surface area contributed by atoms with E-state index < -0.39 is 6.10 Å². The number of H-pyrrole nitrogens is 1. The summed E-state index contributed by atoms with van der Waals surface area (Å²) in [4.78, 5) is 25.0. The summed E-state index contributed by atoms with van der Waals surface area (Å²) in [6.07, 6.45) is 4.83. The van der Waals surface area contributed by atoms with Gasteiger partial charge in [0.15, 0.2) is 0 Å². The number of aromatic nitrogens is 2. The highest BCUT2D eigenvalue weighted by molar-refractivity contribution is 7.18. The number of fused-ring (bicyclic) bond motifs is 3. The standard InChI is InChI=1S/C23H37N3O3S/c1-15(2)10-11-26(12-16(27)14-29-23(3,4)5)13-19-24-21(28)20-17-8-6-7-9-18(17)30-22(20)25-19/h15-16,27H,6-14H2,1-5H3,(H,24,25,28). The summed E-state index contributed by atoms with van der Waals surface area (Å²) >= 11 is 1.68. The molecule has 30 heavy (non-hydrogen) atoms. The van der Waals surface area contributed by atoms with Gasteiger partial charge in [-0.15, -0.1) is 11.3 Å². The quantitative estimate of drug-likeness (QED) is 0.625. The number of ether oxygens (including phenoxy) is 1. The molecule has 1 aliphatic carbocycles. The summed E-state index contributed by atoms with van der Waals surface area (Å²) in [5.74, 6) is 1.24. The first-order valence-corrected chi connectivity index (χ1v) is 12.0. The minimum Gasteiger partial charge on any atom is -0.389 e. The summed E-state index contributed by atoms with van der Waals surface area (Å²) in [6, 6.07) is 0. The third kappa shape index (κ3) is 6.36. The Morgan fingerprint density at radius 1 is 1.27 bits per heavy atom. The van der Waals surface area contributed by atoms with Crippen molar-refractivity contribution in [3.8, 4) is 0 Å². The van der Waals surface area contributed by atoms with Gasteiger partial charge in [0.25, 0.3) is 5.56 Å². The highest BCUT2D eigenvalue weighted by atomic mass is 32.1. The lowest BCUT2D eigenvalue weighted by Crippen LogP contribution is -2.38. The van der Waals surface area contributed by atoms with Crippen molar-refractivity contribution in [3.63, 3.8) is 0 Å². The summed E-state index contributed by atoms with van der Waals surface area (Å²) in [5.41, 5.74) is 0.919. The van der Waals surface area contributed by atoms with Crippen molar-refractivity contribution < 1.29 is 9.84 Å². The first-order valence-electron chi connectivity index (χ1n) is 11.2. The fraction of sp³-hybridized carbons (Fsp3) is 0.739. The number of aromatic amines is 1. The van der Waals surface area contributed by atoms with E-state index >= 15 is 0 Å². The molecule has 2 aromatic rings. The molecule has 168 valence electrons. The molecule has 0 radical (unpaired) electrons. The van der Waals surface area contributed by atoms with Crippen LogP contribution in [0.2, 0.25) is 0 Å². The number of aliphatic hydroxyl groups excluding tert-OH is 1. The average molecular weight is 436 g/mol. The molecule has 7 heteroatoms. The van der Waals surface area contributed by atoms with E-state index in [0.717, 1.165) is 42.4 Å². The van der Waals surface area contributed by atoms with Crippen LogP contribution >= 0.6 is 11.3 Å². The topological polar surface area (TPSA) is 78.5 Å². The molecule has 6 nitrogen and oxygen atoms in total. The van der Waals surface area contributed by atoms with Crippen molar-refractivity contribution in [1.82, 2.24) is 14.9 Å². The van der Waals surface area contributed by atoms with E-state index in [1.165, 1.54) is 16.9 Å². The fourth-order valence-corrected chi connectivity index (χ4v) is 5.15. The maximum atomic E-state index is 12.8. The van der Waals surface area contributed by atoms with Gasteiger partial charge in [0, 0.05) is 11.4 Å². The van der Waals surface area contributed by atoms with Crippen LogP contribution in [0.4, 0.5) is 0 Å². The zero-order valence-electron chi connectivity index (χ0n) is 19.1. The van der Waals surface area contributed by atoms with E-state index in [1.807, 2.05) is 20.8 Å². The van der Waals surface area contributed by atoms with Gasteiger partial charge in [0.2, 0.25) is 0 Å². The first-order chi connectivity index (χ1) is 14.1. The van der Waals surface area contributed by atoms with Gasteiger partial charge in [0.05, 0.1) is 30.2 Å². The molecule has 0 aromatic carbocycles. The summed E-state index contributed by atoms with van der Waals surface area (Å²) in [6.45, 7) is 12.5. The molecule has 0 aliphatic heterocycles. The van der Waals surface area contributed by atoms with E-state index in [4.69, 9.17) is 9.72 Å². The van der Waals surface area contributed by atoms with Crippen LogP contribution in [0.3, 0.4) is 0 Å². The lowest BCUT2D eigenvalue weighted by atomic mass is 9.97. The number of thiophene rings is 1. The van der Waals surface area contributed by atoms with Crippen LogP contribution in [-0.4, -0.2) is 51.4 Å². The second-order valence-electron chi connectivity index (χ2n) is 9.90. The average Bonchev–Trinajstić information content (AvgIpc) is 3.02. The van der Waals surface area contributed by atoms with Gasteiger partial charge in [-0.2, -0.15) is 0 Å². The van der Waals surface area contributed by atoms with Gasteiger partial charge >= 0.3 is 0 Å². The number of nitrogens with one attached hydrogen (secondary N) is 1. The van der Waals surface area contributed by atoms with Gasteiger partial charge in [-0.25, -0.2) is 4.98 Å². The lowest BCUT2D eigenvalue weighted by Gasteiger charge is -2.27. The van der Waals surface area contributed by atoms with Crippen molar-refractivity contribution in [2.45, 2.75) is 85.0 Å². The molecule has 0 spiro atoms. The van der Waals surface area contributed by atoms with Crippen LogP contribution in [0, 0.1) is 5.92 Å². The van der Waals surface area contributed by atoms with E-state index in [0.29, 0.717) is 31.4 Å². The van der Waals surface area contributed by atoms with Crippen molar-refractivity contribution in [1.29, 1.82) is 0 Å². The molecule has 1 aliphatic rings. The Morgan fingerprint density at radius 3 is 2.70 bits per heavy atom. The van der Waals surface area contributed by atoms with Gasteiger partial charge in [-0.3, -0.25) is 9.69 Å². The molecular formula is C23H37N3O3S. The smallest absolute Gasteiger partial charge is 0.259 e. The number of rotatable bonds is 9. The van der Waals surface area contributed by atoms with Crippen LogP contribution in [0.25, 0.3) is 10.2 Å². The number of nitrogens with zero attached hydrogens (tertiary/aromatic N) is 2. The molecule has 1 unspecified atom stereocenters. The zero-order valence-corrected chi connectivity index (χ0v) is 19.9. The Bertz CT molecular complexity index is 897. The van der Waals surface area contributed by atoms with Crippen molar-refractivity contribution in [2.75, 3.05) is 19.7 Å². The summed E-state index contributed by atoms with van der Waals surface area (Å²) in [5, 5.41) is 11.3. The minimum atomic E-state index is -0.583. The maximum absolute atomic E-state index is 12.8. The Balaban J connectivity index is 1.75. The van der Waals surface area contributed by atoms with Crippen LogP contribution in [0.1, 0.15) is 70.1 Å². The molecule has 0 fully saturated rings. The molecule has 2 aromatic heterocycles. The van der Waals surface area contributed by atoms with Gasteiger partial charge in [-0.1, -0.05) is 13.8 Å². The van der Waals surface area contributed by atoms with Crippen LogP contribution in [-0.2, 0) is 24.1 Å². The van der Waals surface area contributed by atoms with Crippen LogP contribution < -0.4 is 5.56 Å². The maximum Gasteiger partial charge on any atom is 0.259 e. The molecule has 2 heterocycles. The molecule has 0 amide bonds. The second kappa shape index (κ2) is 9.90. The summed E-state index contributed by atoms with van der Waals surface area (Å²) in [7, 11) is 0. The van der Waals surface area contributed by atoms with E-state index in [1.54, 1.807) is 11.3 Å². The lowest BCUT2D eigenvalue weighted by molar-refractivity contribution is -0.0570. The summed E-state index contributed by atoms with van der Waals surface area (Å²) < 4.78 is 5.74. The van der Waals surface area contributed by atoms with Gasteiger partial charge in [-0.05, 0) is 70.9 Å². The Labute approximate surface area is 183 Å². The predicted molar refractivity (Wildman–Crippen MR) is 123 cm³/mol. The third-order valence-electron chi connectivity index (χ3n) is 5.45. The van der Waals surface area contributed by atoms with Crippen molar-refractivity contribution in [3.05, 3.63) is 26.6 Å². The molecule has 1 atom stereocenters. The Morgan fingerprint density at radius 2 is 2.00 bits per heavy atom. The van der Waals surface area contributed by atoms with Crippen LogP contribution in [0.15, 0.2) is 4.79 Å². The van der Waals surface area contributed by atoms with Crippen LogP contribution in [0.5, 0.6) is 0 Å². The Kier molecular flexibility index (Phi) is 7.71.